The standard InChI is InChI=1S/C16H18N2O/c1-13-11-14(12-17-16-5-4-10-19-16)6-7-15(13)18-8-2-3-9-18/h4-7,10-12H,2-3,8-9H2,1H3. The van der Waals surface area contributed by atoms with Crippen molar-refractivity contribution in [3.05, 3.63) is 47.7 Å². The van der Waals surface area contributed by atoms with Gasteiger partial charge in [0.2, 0.25) is 5.88 Å². The summed E-state index contributed by atoms with van der Waals surface area (Å²) < 4.78 is 5.18. The van der Waals surface area contributed by atoms with Gasteiger partial charge in [0.25, 0.3) is 0 Å². The molecule has 0 atom stereocenters. The van der Waals surface area contributed by atoms with Gasteiger partial charge in [0.05, 0.1) is 6.26 Å². The van der Waals surface area contributed by atoms with Gasteiger partial charge in [-0.15, -0.1) is 0 Å². The van der Waals surface area contributed by atoms with Crippen molar-refractivity contribution < 1.29 is 4.42 Å². The van der Waals surface area contributed by atoms with E-state index in [0.717, 1.165) is 5.56 Å². The molecule has 0 aliphatic carbocycles. The first kappa shape index (κ1) is 12.0. The van der Waals surface area contributed by atoms with Crippen molar-refractivity contribution in [1.82, 2.24) is 0 Å². The first-order valence-electron chi connectivity index (χ1n) is 6.76. The van der Waals surface area contributed by atoms with Crippen LogP contribution in [0.3, 0.4) is 0 Å². The second kappa shape index (κ2) is 5.31. The second-order valence-electron chi connectivity index (χ2n) is 4.95. The molecule has 0 bridgehead atoms. The minimum Gasteiger partial charge on any atom is -0.447 e. The fraction of sp³-hybridized carbons (Fsp3) is 0.312. The number of rotatable bonds is 3. The summed E-state index contributed by atoms with van der Waals surface area (Å²) in [5, 5.41) is 0. The van der Waals surface area contributed by atoms with E-state index >= 15 is 0 Å². The van der Waals surface area contributed by atoms with Gasteiger partial charge in [-0.05, 0) is 49.1 Å². The fourth-order valence-corrected chi connectivity index (χ4v) is 2.55. The lowest BCUT2D eigenvalue weighted by Crippen LogP contribution is -2.18. The topological polar surface area (TPSA) is 28.7 Å². The van der Waals surface area contributed by atoms with Crippen LogP contribution in [0, 0.1) is 6.92 Å². The maximum atomic E-state index is 5.18. The first-order valence-corrected chi connectivity index (χ1v) is 6.76. The molecule has 3 heteroatoms. The molecule has 0 radical (unpaired) electrons. The number of furan rings is 1. The van der Waals surface area contributed by atoms with Crippen molar-refractivity contribution in [2.75, 3.05) is 18.0 Å². The SMILES string of the molecule is Cc1cc(C=Nc2ccco2)ccc1N1CCCC1. The van der Waals surface area contributed by atoms with Crippen LogP contribution in [0.15, 0.2) is 46.0 Å². The molecule has 2 heterocycles. The van der Waals surface area contributed by atoms with Gasteiger partial charge in [0.1, 0.15) is 0 Å². The Morgan fingerprint density at radius 3 is 2.74 bits per heavy atom. The highest BCUT2D eigenvalue weighted by Gasteiger charge is 2.13. The lowest BCUT2D eigenvalue weighted by Gasteiger charge is -2.20. The molecular weight excluding hydrogens is 236 g/mol. The van der Waals surface area contributed by atoms with Crippen molar-refractivity contribution in [3.8, 4) is 0 Å². The Bertz CT molecular complexity index is 566. The van der Waals surface area contributed by atoms with Crippen LogP contribution in [-0.4, -0.2) is 19.3 Å². The van der Waals surface area contributed by atoms with E-state index < -0.39 is 0 Å². The summed E-state index contributed by atoms with van der Waals surface area (Å²) in [4.78, 5) is 6.76. The molecule has 0 saturated carbocycles. The smallest absolute Gasteiger partial charge is 0.218 e. The van der Waals surface area contributed by atoms with Crippen molar-refractivity contribution in [2.45, 2.75) is 19.8 Å². The average Bonchev–Trinajstić information content (AvgIpc) is 3.10. The molecule has 0 amide bonds. The van der Waals surface area contributed by atoms with Gasteiger partial charge >= 0.3 is 0 Å². The van der Waals surface area contributed by atoms with Gasteiger partial charge in [-0.25, -0.2) is 4.99 Å². The molecule has 1 fully saturated rings. The number of nitrogens with zero attached hydrogens (tertiary/aromatic N) is 2. The number of hydrogen-bond acceptors (Lipinski definition) is 3. The maximum absolute atomic E-state index is 5.18. The summed E-state index contributed by atoms with van der Waals surface area (Å²) in [7, 11) is 0. The lowest BCUT2D eigenvalue weighted by molar-refractivity contribution is 0.578. The highest BCUT2D eigenvalue weighted by molar-refractivity contribution is 5.82. The van der Waals surface area contributed by atoms with Crippen LogP contribution in [0.2, 0.25) is 0 Å². The minimum atomic E-state index is 0.640. The summed E-state index contributed by atoms with van der Waals surface area (Å²) in [5.41, 5.74) is 3.77. The zero-order chi connectivity index (χ0) is 13.1. The normalized spacial score (nSPS) is 15.5. The van der Waals surface area contributed by atoms with Crippen molar-refractivity contribution in [3.63, 3.8) is 0 Å². The van der Waals surface area contributed by atoms with Crippen LogP contribution >= 0.6 is 0 Å². The molecule has 0 unspecified atom stereocenters. The highest BCUT2D eigenvalue weighted by Crippen LogP contribution is 2.24. The van der Waals surface area contributed by atoms with Crippen molar-refractivity contribution in [1.29, 1.82) is 0 Å². The number of aliphatic imine (C=N–C) groups is 1. The van der Waals surface area contributed by atoms with Crippen molar-refractivity contribution in [2.24, 2.45) is 4.99 Å². The van der Waals surface area contributed by atoms with Crippen LogP contribution in [0.1, 0.15) is 24.0 Å². The predicted molar refractivity (Wildman–Crippen MR) is 78.6 cm³/mol. The van der Waals surface area contributed by atoms with Crippen molar-refractivity contribution >= 4 is 17.8 Å². The first-order chi connectivity index (χ1) is 9.33. The van der Waals surface area contributed by atoms with Gasteiger partial charge in [-0.2, -0.15) is 0 Å². The monoisotopic (exact) mass is 254 g/mol. The summed E-state index contributed by atoms with van der Waals surface area (Å²) in [5.74, 6) is 0.640. The molecular formula is C16H18N2O. The zero-order valence-corrected chi connectivity index (χ0v) is 11.2. The van der Waals surface area contributed by atoms with Gasteiger partial charge in [0.15, 0.2) is 0 Å². The molecule has 1 saturated heterocycles. The maximum Gasteiger partial charge on any atom is 0.218 e. The highest BCUT2D eigenvalue weighted by atomic mass is 16.3. The Morgan fingerprint density at radius 2 is 2.05 bits per heavy atom. The van der Waals surface area contributed by atoms with E-state index in [-0.39, 0.29) is 0 Å². The Morgan fingerprint density at radius 1 is 1.21 bits per heavy atom. The van der Waals surface area contributed by atoms with Crippen LogP contribution < -0.4 is 4.90 Å². The van der Waals surface area contributed by atoms with Gasteiger partial charge in [-0.3, -0.25) is 0 Å². The van der Waals surface area contributed by atoms with E-state index in [0.29, 0.717) is 5.88 Å². The minimum absolute atomic E-state index is 0.640. The van der Waals surface area contributed by atoms with E-state index in [1.807, 2.05) is 18.3 Å². The van der Waals surface area contributed by atoms with E-state index in [4.69, 9.17) is 4.42 Å². The number of hydrogen-bond donors (Lipinski definition) is 0. The number of aryl methyl sites for hydroxylation is 1. The van der Waals surface area contributed by atoms with E-state index in [9.17, 15) is 0 Å². The molecule has 3 nitrogen and oxygen atoms in total. The fourth-order valence-electron chi connectivity index (χ4n) is 2.55. The third-order valence-corrected chi connectivity index (χ3v) is 3.51. The Balaban J connectivity index is 1.79. The van der Waals surface area contributed by atoms with Crippen LogP contribution in [0.4, 0.5) is 11.6 Å². The average molecular weight is 254 g/mol. The molecule has 0 N–H and O–H groups in total. The molecule has 1 aromatic heterocycles. The van der Waals surface area contributed by atoms with Gasteiger partial charge < -0.3 is 9.32 Å². The quantitative estimate of drug-likeness (QED) is 0.776. The predicted octanol–water partition coefficient (Wildman–Crippen LogP) is 3.94. The Labute approximate surface area is 113 Å². The number of anilines is 1. The van der Waals surface area contributed by atoms with Crippen LogP contribution in [0.25, 0.3) is 0 Å². The third-order valence-electron chi connectivity index (χ3n) is 3.51. The second-order valence-corrected chi connectivity index (χ2v) is 4.95. The van der Waals surface area contributed by atoms with E-state index in [2.05, 4.69) is 35.0 Å². The molecule has 98 valence electrons. The molecule has 0 spiro atoms. The lowest BCUT2D eigenvalue weighted by atomic mass is 10.1. The van der Waals surface area contributed by atoms with E-state index in [1.165, 1.54) is 37.2 Å². The van der Waals surface area contributed by atoms with E-state index in [1.54, 1.807) is 6.26 Å². The third kappa shape index (κ3) is 2.70. The molecule has 3 rings (SSSR count). The Hall–Kier alpha value is -2.03. The summed E-state index contributed by atoms with van der Waals surface area (Å²) in [6, 6.07) is 10.2. The van der Waals surface area contributed by atoms with Crippen LogP contribution in [0.5, 0.6) is 0 Å². The largest absolute Gasteiger partial charge is 0.447 e. The summed E-state index contributed by atoms with van der Waals surface area (Å²) in [6.07, 6.45) is 6.09. The molecule has 1 aliphatic rings. The van der Waals surface area contributed by atoms with Gasteiger partial charge in [0, 0.05) is 31.1 Å². The number of benzene rings is 1. The summed E-state index contributed by atoms with van der Waals surface area (Å²) in [6.45, 7) is 4.53. The Kier molecular flexibility index (Phi) is 3.36. The molecule has 2 aromatic rings. The summed E-state index contributed by atoms with van der Waals surface area (Å²) >= 11 is 0. The molecule has 1 aromatic carbocycles. The van der Waals surface area contributed by atoms with Gasteiger partial charge in [-0.1, -0.05) is 6.07 Å². The molecule has 1 aliphatic heterocycles. The zero-order valence-electron chi connectivity index (χ0n) is 11.2. The van der Waals surface area contributed by atoms with Crippen LogP contribution in [-0.2, 0) is 0 Å². The molecule has 19 heavy (non-hydrogen) atoms.